The van der Waals surface area contributed by atoms with E-state index in [4.69, 9.17) is 0 Å². The van der Waals surface area contributed by atoms with Crippen LogP contribution in [0.5, 0.6) is 0 Å². The van der Waals surface area contributed by atoms with Crippen molar-refractivity contribution in [3.05, 3.63) is 90.5 Å². The van der Waals surface area contributed by atoms with E-state index in [-0.39, 0.29) is 11.7 Å². The van der Waals surface area contributed by atoms with Crippen molar-refractivity contribution < 1.29 is 4.79 Å². The monoisotopic (exact) mass is 461 g/mol. The molecule has 162 valence electrons. The van der Waals surface area contributed by atoms with Crippen LogP contribution < -0.4 is 5.32 Å². The molecule has 0 bridgehead atoms. The summed E-state index contributed by atoms with van der Waals surface area (Å²) in [4.78, 5) is 17.8. The predicted molar refractivity (Wildman–Crippen MR) is 130 cm³/mol. The van der Waals surface area contributed by atoms with Crippen molar-refractivity contribution >= 4 is 35.1 Å². The molecule has 0 atom stereocenters. The summed E-state index contributed by atoms with van der Waals surface area (Å²) in [6.45, 7) is 2.12. The van der Waals surface area contributed by atoms with Gasteiger partial charge in [-0.25, -0.2) is 0 Å². The molecule has 0 unspecified atom stereocenters. The molecule has 0 fully saturated rings. The zero-order valence-electron chi connectivity index (χ0n) is 17.6. The summed E-state index contributed by atoms with van der Waals surface area (Å²) >= 11 is 3.11. The molecule has 4 rings (SSSR count). The molecule has 1 N–H and O–H groups in total. The Morgan fingerprint density at radius 2 is 1.88 bits per heavy atom. The summed E-state index contributed by atoms with van der Waals surface area (Å²) < 4.78 is 1.94. The number of aromatic nitrogens is 4. The van der Waals surface area contributed by atoms with Crippen molar-refractivity contribution in [2.75, 3.05) is 11.1 Å². The van der Waals surface area contributed by atoms with E-state index in [1.165, 1.54) is 22.9 Å². The molecule has 0 spiro atoms. The smallest absolute Gasteiger partial charge is 0.234 e. The second-order valence-electron chi connectivity index (χ2n) is 6.98. The van der Waals surface area contributed by atoms with Crippen molar-refractivity contribution in [3.8, 4) is 5.69 Å². The lowest BCUT2D eigenvalue weighted by Gasteiger charge is -2.10. The van der Waals surface area contributed by atoms with Crippen molar-refractivity contribution in [2.24, 2.45) is 0 Å². The molecule has 2 heterocycles. The molecule has 2 aromatic carbocycles. The summed E-state index contributed by atoms with van der Waals surface area (Å²) in [5.74, 6) is 1.03. The Hall–Kier alpha value is -3.10. The third kappa shape index (κ3) is 5.77. The molecular formula is C24H23N5OS2. The number of carbonyl (C=O) groups is 1. The van der Waals surface area contributed by atoms with Gasteiger partial charge in [0.25, 0.3) is 0 Å². The van der Waals surface area contributed by atoms with Gasteiger partial charge in [0.2, 0.25) is 5.91 Å². The molecule has 4 aromatic rings. The van der Waals surface area contributed by atoms with Gasteiger partial charge in [-0.1, -0.05) is 43.0 Å². The first-order chi connectivity index (χ1) is 15.7. The summed E-state index contributed by atoms with van der Waals surface area (Å²) in [6.07, 6.45) is 6.25. The van der Waals surface area contributed by atoms with Crippen molar-refractivity contribution in [1.29, 1.82) is 0 Å². The van der Waals surface area contributed by atoms with Crippen molar-refractivity contribution in [2.45, 2.75) is 29.1 Å². The van der Waals surface area contributed by atoms with E-state index in [1.807, 2.05) is 59.3 Å². The number of pyridine rings is 1. The van der Waals surface area contributed by atoms with Gasteiger partial charge in [0, 0.05) is 28.7 Å². The Morgan fingerprint density at radius 1 is 1.03 bits per heavy atom. The Kier molecular flexibility index (Phi) is 7.58. The molecule has 32 heavy (non-hydrogen) atoms. The van der Waals surface area contributed by atoms with Gasteiger partial charge in [0.1, 0.15) is 6.33 Å². The number of anilines is 1. The van der Waals surface area contributed by atoms with Gasteiger partial charge < -0.3 is 5.32 Å². The van der Waals surface area contributed by atoms with Crippen LogP contribution in [0, 0.1) is 0 Å². The quantitative estimate of drug-likeness (QED) is 0.343. The van der Waals surface area contributed by atoms with E-state index in [2.05, 4.69) is 39.6 Å². The van der Waals surface area contributed by atoms with Crippen molar-refractivity contribution in [3.63, 3.8) is 0 Å². The molecule has 8 heteroatoms. The Labute approximate surface area is 195 Å². The first-order valence-electron chi connectivity index (χ1n) is 10.3. The maximum Gasteiger partial charge on any atom is 0.234 e. The van der Waals surface area contributed by atoms with Gasteiger partial charge in [-0.2, -0.15) is 0 Å². The molecule has 0 aliphatic heterocycles. The number of thioether (sulfide) groups is 2. The second kappa shape index (κ2) is 11.0. The number of carbonyl (C=O) groups excluding carboxylic acids is 1. The van der Waals surface area contributed by atoms with Crippen LogP contribution in [0.25, 0.3) is 5.69 Å². The number of nitrogens with one attached hydrogen (secondary N) is 1. The Balaban J connectivity index is 1.31. The van der Waals surface area contributed by atoms with Gasteiger partial charge >= 0.3 is 0 Å². The van der Waals surface area contributed by atoms with Crippen LogP contribution in [-0.2, 0) is 17.0 Å². The van der Waals surface area contributed by atoms with Gasteiger partial charge in [-0.15, -0.1) is 22.0 Å². The van der Waals surface area contributed by atoms with Gasteiger partial charge in [0.15, 0.2) is 5.16 Å². The highest BCUT2D eigenvalue weighted by Crippen LogP contribution is 2.25. The molecule has 0 saturated carbocycles. The summed E-state index contributed by atoms with van der Waals surface area (Å²) in [7, 11) is 0. The minimum atomic E-state index is -0.0795. The molecule has 6 nitrogen and oxygen atoms in total. The van der Waals surface area contributed by atoms with Crippen LogP contribution in [0.3, 0.4) is 0 Å². The zero-order chi connectivity index (χ0) is 22.2. The van der Waals surface area contributed by atoms with Crippen LogP contribution in [0.1, 0.15) is 18.1 Å². The maximum atomic E-state index is 12.5. The van der Waals surface area contributed by atoms with E-state index in [0.29, 0.717) is 5.16 Å². The average molecular weight is 462 g/mol. The fourth-order valence-electron chi connectivity index (χ4n) is 3.14. The van der Waals surface area contributed by atoms with Crippen LogP contribution in [-0.4, -0.2) is 31.4 Å². The average Bonchev–Trinajstić information content (AvgIpc) is 3.31. The minimum Gasteiger partial charge on any atom is -0.325 e. The minimum absolute atomic E-state index is 0.0795. The lowest BCUT2D eigenvalue weighted by atomic mass is 10.1. The number of rotatable bonds is 9. The van der Waals surface area contributed by atoms with Gasteiger partial charge in [-0.3, -0.25) is 14.3 Å². The summed E-state index contributed by atoms with van der Waals surface area (Å²) in [6, 6.07) is 20.0. The standard InChI is InChI=1S/C24H23N5OS2/c1-2-19-7-3-4-8-22(19)29-17-26-28-24(29)32-16-23(30)27-20-9-11-21(12-10-20)31-15-18-6-5-13-25-14-18/h3-14,17H,2,15-16H2,1H3,(H,27,30). The first kappa shape index (κ1) is 22.1. The van der Waals surface area contributed by atoms with E-state index in [9.17, 15) is 4.79 Å². The highest BCUT2D eigenvalue weighted by Gasteiger charge is 2.12. The predicted octanol–water partition coefficient (Wildman–Crippen LogP) is 5.25. The summed E-state index contributed by atoms with van der Waals surface area (Å²) in [5.41, 5.74) is 4.21. The largest absolute Gasteiger partial charge is 0.325 e. The number of hydrogen-bond acceptors (Lipinski definition) is 6. The number of para-hydroxylation sites is 1. The van der Waals surface area contributed by atoms with E-state index in [0.717, 1.165) is 28.4 Å². The van der Waals surface area contributed by atoms with Crippen LogP contribution in [0.2, 0.25) is 0 Å². The van der Waals surface area contributed by atoms with Gasteiger partial charge in [0.05, 0.1) is 11.4 Å². The Morgan fingerprint density at radius 3 is 2.66 bits per heavy atom. The maximum absolute atomic E-state index is 12.5. The summed E-state index contributed by atoms with van der Waals surface area (Å²) in [5, 5.41) is 11.9. The lowest BCUT2D eigenvalue weighted by Crippen LogP contribution is -2.14. The highest BCUT2D eigenvalue weighted by atomic mass is 32.2. The number of benzene rings is 2. The molecular weight excluding hydrogens is 438 g/mol. The normalized spacial score (nSPS) is 10.8. The van der Waals surface area contributed by atoms with Crippen LogP contribution in [0.15, 0.2) is 89.4 Å². The molecule has 1 amide bonds. The lowest BCUT2D eigenvalue weighted by molar-refractivity contribution is -0.113. The van der Waals surface area contributed by atoms with E-state index >= 15 is 0 Å². The molecule has 2 aromatic heterocycles. The molecule has 0 aliphatic rings. The number of amides is 1. The van der Waals surface area contributed by atoms with E-state index < -0.39 is 0 Å². The third-order valence-electron chi connectivity index (χ3n) is 4.75. The topological polar surface area (TPSA) is 72.7 Å². The van der Waals surface area contributed by atoms with E-state index in [1.54, 1.807) is 24.3 Å². The van der Waals surface area contributed by atoms with Crippen molar-refractivity contribution in [1.82, 2.24) is 19.7 Å². The third-order valence-corrected chi connectivity index (χ3v) is 6.77. The zero-order valence-corrected chi connectivity index (χ0v) is 19.3. The van der Waals surface area contributed by atoms with Crippen LogP contribution in [0.4, 0.5) is 5.69 Å². The fraction of sp³-hybridized carbons (Fsp3) is 0.167. The first-order valence-corrected chi connectivity index (χ1v) is 12.2. The van der Waals surface area contributed by atoms with Gasteiger partial charge in [-0.05, 0) is 53.9 Å². The highest BCUT2D eigenvalue weighted by molar-refractivity contribution is 7.99. The second-order valence-corrected chi connectivity index (χ2v) is 8.97. The van der Waals surface area contributed by atoms with Crippen LogP contribution >= 0.6 is 23.5 Å². The molecule has 0 radical (unpaired) electrons. The Bertz CT molecular complexity index is 1160. The molecule has 0 aliphatic carbocycles. The number of hydrogen-bond donors (Lipinski definition) is 1. The molecule has 0 saturated heterocycles. The fourth-order valence-corrected chi connectivity index (χ4v) is 4.70. The number of nitrogens with zero attached hydrogens (tertiary/aromatic N) is 4. The SMILES string of the molecule is CCc1ccccc1-n1cnnc1SCC(=O)Nc1ccc(SCc2cccnc2)cc1. The number of aryl methyl sites for hydroxylation is 1.